The van der Waals surface area contributed by atoms with Crippen molar-refractivity contribution in [1.29, 1.82) is 0 Å². The third-order valence-electron chi connectivity index (χ3n) is 11.9. The van der Waals surface area contributed by atoms with Gasteiger partial charge in [0.2, 0.25) is 0 Å². The number of aliphatic imine (C=N–C) groups is 2. The van der Waals surface area contributed by atoms with Gasteiger partial charge in [-0.05, 0) is 126 Å². The molecule has 1 heterocycles. The minimum atomic E-state index is 0.270. The summed E-state index contributed by atoms with van der Waals surface area (Å²) >= 11 is 0. The predicted molar refractivity (Wildman–Crippen MR) is 243 cm³/mol. The van der Waals surface area contributed by atoms with Crippen molar-refractivity contribution in [2.45, 2.75) is 27.2 Å². The van der Waals surface area contributed by atoms with Crippen molar-refractivity contribution in [2.24, 2.45) is 27.7 Å². The maximum absolute atomic E-state index is 4.50. The Kier molecular flexibility index (Phi) is 9.71. The van der Waals surface area contributed by atoms with Crippen molar-refractivity contribution in [2.75, 3.05) is 6.54 Å². The first-order valence-electron chi connectivity index (χ1n) is 20.0. The third-order valence-corrected chi connectivity index (χ3v) is 11.9. The number of fused-ring (bicyclic) bond motifs is 6. The lowest BCUT2D eigenvalue weighted by Crippen LogP contribution is -2.22. The van der Waals surface area contributed by atoms with E-state index in [0.29, 0.717) is 11.8 Å². The first-order chi connectivity index (χ1) is 27.6. The van der Waals surface area contributed by atoms with Crippen LogP contribution in [0.3, 0.4) is 0 Å². The summed E-state index contributed by atoms with van der Waals surface area (Å²) in [6, 6.07) is 51.6. The maximum atomic E-state index is 4.50. The summed E-state index contributed by atoms with van der Waals surface area (Å²) in [5.74, 6) is 0.978. The maximum Gasteiger partial charge on any atom is 0.0426 e. The molecule has 0 spiro atoms. The fourth-order valence-corrected chi connectivity index (χ4v) is 9.00. The number of allylic oxidation sites excluding steroid dienone is 6. The van der Waals surface area contributed by atoms with E-state index in [-0.39, 0.29) is 5.92 Å². The molecule has 9 rings (SSSR count). The highest BCUT2D eigenvalue weighted by molar-refractivity contribution is 6.26. The summed E-state index contributed by atoms with van der Waals surface area (Å²) in [7, 11) is 0. The summed E-state index contributed by atoms with van der Waals surface area (Å²) in [5.41, 5.74) is 12.8. The smallest absolute Gasteiger partial charge is 0.0426 e. The molecule has 0 aromatic heterocycles. The fourth-order valence-electron chi connectivity index (χ4n) is 9.00. The Labute approximate surface area is 330 Å². The van der Waals surface area contributed by atoms with E-state index in [4.69, 9.17) is 0 Å². The molecule has 0 radical (unpaired) electrons. The van der Waals surface area contributed by atoms with E-state index >= 15 is 0 Å². The minimum Gasteiger partial charge on any atom is -0.293 e. The second kappa shape index (κ2) is 15.4. The van der Waals surface area contributed by atoms with Crippen LogP contribution in [0.4, 0.5) is 0 Å². The molecule has 3 unspecified atom stereocenters. The van der Waals surface area contributed by atoms with Crippen LogP contribution in [0.1, 0.15) is 32.8 Å². The van der Waals surface area contributed by atoms with Crippen LogP contribution >= 0.6 is 0 Å². The molecule has 7 aromatic carbocycles. The van der Waals surface area contributed by atoms with Crippen molar-refractivity contribution < 1.29 is 0 Å². The van der Waals surface area contributed by atoms with Gasteiger partial charge < -0.3 is 0 Å². The number of benzene rings is 7. The van der Waals surface area contributed by atoms with Crippen LogP contribution in [0.2, 0.25) is 0 Å². The summed E-state index contributed by atoms with van der Waals surface area (Å²) in [6.45, 7) is 7.50. The highest BCUT2D eigenvalue weighted by Gasteiger charge is 2.29. The Balaban J connectivity index is 1.16. The molecule has 3 atom stereocenters. The molecule has 2 heteroatoms. The van der Waals surface area contributed by atoms with Gasteiger partial charge in [0.15, 0.2) is 0 Å². The van der Waals surface area contributed by atoms with Crippen molar-refractivity contribution in [3.05, 3.63) is 187 Å². The fraction of sp³-hybridized carbons (Fsp3) is 0.148. The van der Waals surface area contributed by atoms with Crippen LogP contribution < -0.4 is 0 Å². The van der Waals surface area contributed by atoms with Crippen LogP contribution in [-0.2, 0) is 0 Å². The molecule has 0 fully saturated rings. The van der Waals surface area contributed by atoms with Gasteiger partial charge in [-0.1, -0.05) is 165 Å². The molecule has 1 aliphatic heterocycles. The summed E-state index contributed by atoms with van der Waals surface area (Å²) in [4.78, 5) is 8.89. The topological polar surface area (TPSA) is 24.7 Å². The largest absolute Gasteiger partial charge is 0.293 e. The molecule has 0 bridgehead atoms. The molecule has 1 aliphatic carbocycles. The van der Waals surface area contributed by atoms with Crippen LogP contribution in [0.25, 0.3) is 71.3 Å². The van der Waals surface area contributed by atoms with Crippen LogP contribution in [-0.4, -0.2) is 19.0 Å². The van der Waals surface area contributed by atoms with E-state index in [0.717, 1.165) is 13.0 Å². The first-order valence-corrected chi connectivity index (χ1v) is 20.0. The van der Waals surface area contributed by atoms with Gasteiger partial charge in [-0.2, -0.15) is 0 Å². The molecular weight excluding hydrogens is 677 g/mol. The number of dihydropyridines is 1. The average Bonchev–Trinajstić information content (AvgIpc) is 3.27. The Morgan fingerprint density at radius 1 is 0.625 bits per heavy atom. The number of nitrogens with zero attached hydrogens (tertiary/aromatic N) is 2. The van der Waals surface area contributed by atoms with Gasteiger partial charge in [0.05, 0.1) is 0 Å². The van der Waals surface area contributed by atoms with Crippen molar-refractivity contribution >= 4 is 50.3 Å². The van der Waals surface area contributed by atoms with E-state index in [1.54, 1.807) is 0 Å². The SMILES string of the molecule is C/C=N\C=C/C(C)C1=CC(c2cccc(-c3ccccc3-c3ccc4c5ccccc5c5ccc(-c6ccccc6)cc5c4c3)c2)=CC(C2=CC=NCC2)C1C. The van der Waals surface area contributed by atoms with Gasteiger partial charge in [0, 0.05) is 31.1 Å². The lowest BCUT2D eigenvalue weighted by atomic mass is 9.71. The van der Waals surface area contributed by atoms with Gasteiger partial charge in [0.1, 0.15) is 0 Å². The van der Waals surface area contributed by atoms with Gasteiger partial charge in [0.25, 0.3) is 0 Å². The molecule has 0 saturated heterocycles. The predicted octanol–water partition coefficient (Wildman–Crippen LogP) is 14.4. The van der Waals surface area contributed by atoms with Gasteiger partial charge >= 0.3 is 0 Å². The van der Waals surface area contributed by atoms with E-state index in [1.807, 2.05) is 25.6 Å². The Morgan fingerprint density at radius 3 is 1.93 bits per heavy atom. The molecule has 2 aliphatic rings. The number of rotatable bonds is 8. The second-order valence-corrected chi connectivity index (χ2v) is 15.2. The second-order valence-electron chi connectivity index (χ2n) is 15.2. The van der Waals surface area contributed by atoms with E-state index < -0.39 is 0 Å². The van der Waals surface area contributed by atoms with E-state index in [2.05, 4.69) is 188 Å². The van der Waals surface area contributed by atoms with Gasteiger partial charge in [-0.25, -0.2) is 0 Å². The zero-order chi connectivity index (χ0) is 38.0. The molecule has 0 saturated carbocycles. The number of hydrogen-bond donors (Lipinski definition) is 0. The average molecular weight is 723 g/mol. The van der Waals surface area contributed by atoms with Crippen LogP contribution in [0, 0.1) is 17.8 Å². The highest BCUT2D eigenvalue weighted by Crippen LogP contribution is 2.44. The van der Waals surface area contributed by atoms with Crippen LogP contribution in [0.5, 0.6) is 0 Å². The summed E-state index contributed by atoms with van der Waals surface area (Å²) in [5, 5.41) is 7.70. The summed E-state index contributed by atoms with van der Waals surface area (Å²) < 4.78 is 0. The van der Waals surface area contributed by atoms with Crippen molar-refractivity contribution in [3.63, 3.8) is 0 Å². The summed E-state index contributed by atoms with van der Waals surface area (Å²) in [6.07, 6.45) is 16.2. The van der Waals surface area contributed by atoms with Crippen molar-refractivity contribution in [3.8, 4) is 33.4 Å². The third kappa shape index (κ3) is 6.66. The zero-order valence-electron chi connectivity index (χ0n) is 32.4. The van der Waals surface area contributed by atoms with E-state index in [1.165, 1.54) is 88.0 Å². The van der Waals surface area contributed by atoms with Gasteiger partial charge in [-0.3, -0.25) is 9.98 Å². The standard InChI is InChI=1S/C54H46N2/c1-4-55-28-25-36(2)51-34-44(35-52(37(51)3)39-26-29-56-30-27-39)40-15-12-16-42(31-40)45-17-8-9-18-46(45)43-22-24-50-48-20-11-10-19-47(48)49-23-21-41(32-53(49)54(50)33-43)38-13-6-5-7-14-38/h4-26,28-29,31-37,52H,27,30H2,1-3H3/b28-25-,55-4-. The monoisotopic (exact) mass is 722 g/mol. The lowest BCUT2D eigenvalue weighted by molar-refractivity contribution is 0.497. The molecule has 0 N–H and O–H groups in total. The number of hydrogen-bond acceptors (Lipinski definition) is 2. The molecule has 56 heavy (non-hydrogen) atoms. The highest BCUT2D eigenvalue weighted by atomic mass is 14.7. The van der Waals surface area contributed by atoms with Crippen LogP contribution in [0.15, 0.2) is 191 Å². The zero-order valence-corrected chi connectivity index (χ0v) is 32.4. The lowest BCUT2D eigenvalue weighted by Gasteiger charge is -2.33. The Hall–Kier alpha value is -6.38. The normalized spacial score (nSPS) is 17.8. The van der Waals surface area contributed by atoms with Gasteiger partial charge in [-0.15, -0.1) is 0 Å². The van der Waals surface area contributed by atoms with E-state index in [9.17, 15) is 0 Å². The Morgan fingerprint density at radius 2 is 1.23 bits per heavy atom. The first kappa shape index (κ1) is 35.3. The van der Waals surface area contributed by atoms with Crippen molar-refractivity contribution in [1.82, 2.24) is 0 Å². The molecule has 2 nitrogen and oxygen atoms in total. The molecule has 7 aromatic rings. The molecule has 272 valence electrons. The quantitative estimate of drug-likeness (QED) is 0.110. The molecule has 0 amide bonds. The Bertz CT molecular complexity index is 2790. The minimum absolute atomic E-state index is 0.270. The molecular formula is C54H46N2.